The van der Waals surface area contributed by atoms with E-state index in [0.29, 0.717) is 19.6 Å². The van der Waals surface area contributed by atoms with E-state index in [-0.39, 0.29) is 11.7 Å². The van der Waals surface area contributed by atoms with Crippen LogP contribution in [0.3, 0.4) is 0 Å². The second-order valence-corrected chi connectivity index (χ2v) is 4.45. The van der Waals surface area contributed by atoms with Gasteiger partial charge in [0, 0.05) is 25.3 Å². The molecule has 0 spiro atoms. The van der Waals surface area contributed by atoms with Gasteiger partial charge in [-0.25, -0.2) is 4.79 Å². The van der Waals surface area contributed by atoms with Gasteiger partial charge in [0.25, 0.3) is 0 Å². The number of alkyl halides is 3. The molecule has 4 nitrogen and oxygen atoms in total. The SMILES string of the molecule is C=C1C2CN(C)CCN2C(=O)N1CC(F)(F)F. The maximum atomic E-state index is 12.3. The number of likely N-dealkylation sites (N-methyl/N-ethyl adjacent to an activating group) is 1. The van der Waals surface area contributed by atoms with Gasteiger partial charge < -0.3 is 9.80 Å². The van der Waals surface area contributed by atoms with Gasteiger partial charge in [0.15, 0.2) is 0 Å². The van der Waals surface area contributed by atoms with Crippen molar-refractivity contribution in [3.63, 3.8) is 0 Å². The van der Waals surface area contributed by atoms with Gasteiger partial charge in [0.2, 0.25) is 0 Å². The van der Waals surface area contributed by atoms with Gasteiger partial charge in [-0.3, -0.25) is 4.90 Å². The van der Waals surface area contributed by atoms with Crippen molar-refractivity contribution in [3.8, 4) is 0 Å². The summed E-state index contributed by atoms with van der Waals surface area (Å²) in [5, 5.41) is 0. The summed E-state index contributed by atoms with van der Waals surface area (Å²) in [7, 11) is 1.88. The molecule has 1 atom stereocenters. The molecule has 0 aromatic carbocycles. The normalized spacial score (nSPS) is 26.7. The Hall–Kier alpha value is -1.24. The third kappa shape index (κ3) is 2.24. The predicted molar refractivity (Wildman–Crippen MR) is 55.3 cm³/mol. The summed E-state index contributed by atoms with van der Waals surface area (Å²) < 4.78 is 37.0. The third-order valence-electron chi connectivity index (χ3n) is 3.13. The maximum absolute atomic E-state index is 12.3. The van der Waals surface area contributed by atoms with Crippen molar-refractivity contribution >= 4 is 6.03 Å². The van der Waals surface area contributed by atoms with Crippen LogP contribution in [0.15, 0.2) is 12.3 Å². The summed E-state index contributed by atoms with van der Waals surface area (Å²) in [6.45, 7) is 4.05. The summed E-state index contributed by atoms with van der Waals surface area (Å²) in [4.78, 5) is 16.0. The topological polar surface area (TPSA) is 26.8 Å². The number of amides is 2. The zero-order chi connectivity index (χ0) is 12.8. The van der Waals surface area contributed by atoms with Crippen molar-refractivity contribution in [1.82, 2.24) is 14.7 Å². The van der Waals surface area contributed by atoms with Gasteiger partial charge in [-0.05, 0) is 7.05 Å². The number of rotatable bonds is 1. The van der Waals surface area contributed by atoms with Gasteiger partial charge >= 0.3 is 12.2 Å². The molecule has 0 aliphatic carbocycles. The minimum atomic E-state index is -4.39. The van der Waals surface area contributed by atoms with Gasteiger partial charge in [-0.1, -0.05) is 6.58 Å². The van der Waals surface area contributed by atoms with Crippen molar-refractivity contribution in [2.75, 3.05) is 33.2 Å². The van der Waals surface area contributed by atoms with Crippen LogP contribution in [0.1, 0.15) is 0 Å². The van der Waals surface area contributed by atoms with Crippen LogP contribution in [0.4, 0.5) is 18.0 Å². The molecule has 0 aromatic heterocycles. The zero-order valence-electron chi connectivity index (χ0n) is 9.50. The maximum Gasteiger partial charge on any atom is 0.406 e. The van der Waals surface area contributed by atoms with E-state index in [1.165, 1.54) is 4.90 Å². The summed E-state index contributed by atoms with van der Waals surface area (Å²) >= 11 is 0. The minimum Gasteiger partial charge on any atom is -0.313 e. The fourth-order valence-electron chi connectivity index (χ4n) is 2.24. The fourth-order valence-corrected chi connectivity index (χ4v) is 2.24. The lowest BCUT2D eigenvalue weighted by Gasteiger charge is -2.34. The van der Waals surface area contributed by atoms with E-state index < -0.39 is 18.8 Å². The van der Waals surface area contributed by atoms with Gasteiger partial charge in [0.05, 0.1) is 6.04 Å². The molecular weight excluding hydrogens is 235 g/mol. The highest BCUT2D eigenvalue weighted by Gasteiger charge is 2.46. The monoisotopic (exact) mass is 249 g/mol. The Kier molecular flexibility index (Phi) is 2.81. The Balaban J connectivity index is 2.16. The molecule has 2 aliphatic heterocycles. The highest BCUT2D eigenvalue weighted by atomic mass is 19.4. The molecule has 96 valence electrons. The lowest BCUT2D eigenvalue weighted by atomic mass is 10.1. The Morgan fingerprint density at radius 3 is 2.65 bits per heavy atom. The highest BCUT2D eigenvalue weighted by Crippen LogP contribution is 2.30. The van der Waals surface area contributed by atoms with E-state index in [0.717, 1.165) is 4.90 Å². The molecule has 7 heteroatoms. The Labute approximate surface area is 97.3 Å². The molecule has 2 fully saturated rings. The van der Waals surface area contributed by atoms with Gasteiger partial charge in [-0.2, -0.15) is 13.2 Å². The van der Waals surface area contributed by atoms with Crippen LogP contribution in [0, 0.1) is 0 Å². The average Bonchev–Trinajstić information content (AvgIpc) is 2.42. The number of halogens is 3. The Morgan fingerprint density at radius 2 is 2.06 bits per heavy atom. The first-order valence-corrected chi connectivity index (χ1v) is 5.32. The molecule has 0 saturated carbocycles. The van der Waals surface area contributed by atoms with Crippen LogP contribution in [0.25, 0.3) is 0 Å². The second-order valence-electron chi connectivity index (χ2n) is 4.45. The summed E-state index contributed by atoms with van der Waals surface area (Å²) in [5.74, 6) is 0. The number of carbonyl (C=O) groups excluding carboxylic acids is 1. The van der Waals surface area contributed by atoms with E-state index in [2.05, 4.69) is 6.58 Å². The van der Waals surface area contributed by atoms with Crippen LogP contribution in [-0.4, -0.2) is 66.2 Å². The first-order chi connectivity index (χ1) is 7.79. The Morgan fingerprint density at radius 1 is 1.41 bits per heavy atom. The molecule has 0 aromatic rings. The fraction of sp³-hybridized carbons (Fsp3) is 0.700. The quantitative estimate of drug-likeness (QED) is 0.696. The number of urea groups is 1. The summed E-state index contributed by atoms with van der Waals surface area (Å²) in [6.07, 6.45) is -4.39. The largest absolute Gasteiger partial charge is 0.406 e. The molecule has 0 N–H and O–H groups in total. The zero-order valence-corrected chi connectivity index (χ0v) is 9.50. The van der Waals surface area contributed by atoms with Crippen LogP contribution < -0.4 is 0 Å². The Bertz CT molecular complexity index is 355. The molecular formula is C10H14F3N3O. The van der Waals surface area contributed by atoms with Crippen molar-refractivity contribution < 1.29 is 18.0 Å². The first kappa shape index (κ1) is 12.2. The lowest BCUT2D eigenvalue weighted by Crippen LogP contribution is -2.50. The lowest BCUT2D eigenvalue weighted by molar-refractivity contribution is -0.136. The number of nitrogens with zero attached hydrogens (tertiary/aromatic N) is 3. The van der Waals surface area contributed by atoms with Crippen molar-refractivity contribution in [2.45, 2.75) is 12.2 Å². The van der Waals surface area contributed by atoms with Gasteiger partial charge in [-0.15, -0.1) is 0 Å². The number of fused-ring (bicyclic) bond motifs is 1. The molecule has 0 radical (unpaired) electrons. The summed E-state index contributed by atoms with van der Waals surface area (Å²) in [5.41, 5.74) is 0.249. The van der Waals surface area contributed by atoms with E-state index in [9.17, 15) is 18.0 Å². The average molecular weight is 249 g/mol. The van der Waals surface area contributed by atoms with Crippen LogP contribution in [0.5, 0.6) is 0 Å². The summed E-state index contributed by atoms with van der Waals surface area (Å²) in [6, 6.07) is -0.894. The van der Waals surface area contributed by atoms with Gasteiger partial charge in [0.1, 0.15) is 6.54 Å². The number of piperazine rings is 1. The van der Waals surface area contributed by atoms with E-state index >= 15 is 0 Å². The van der Waals surface area contributed by atoms with E-state index in [1.54, 1.807) is 0 Å². The number of hydrogen-bond acceptors (Lipinski definition) is 2. The van der Waals surface area contributed by atoms with Crippen LogP contribution >= 0.6 is 0 Å². The van der Waals surface area contributed by atoms with Crippen LogP contribution in [-0.2, 0) is 0 Å². The highest BCUT2D eigenvalue weighted by molar-refractivity contribution is 5.81. The predicted octanol–water partition coefficient (Wildman–Crippen LogP) is 1.11. The number of hydrogen-bond donors (Lipinski definition) is 0. The smallest absolute Gasteiger partial charge is 0.313 e. The molecule has 2 amide bonds. The van der Waals surface area contributed by atoms with E-state index in [1.807, 2.05) is 11.9 Å². The number of carbonyl (C=O) groups is 1. The second kappa shape index (κ2) is 3.90. The molecule has 0 bridgehead atoms. The van der Waals surface area contributed by atoms with Crippen LogP contribution in [0.2, 0.25) is 0 Å². The molecule has 2 aliphatic rings. The third-order valence-corrected chi connectivity index (χ3v) is 3.13. The first-order valence-electron chi connectivity index (χ1n) is 5.32. The molecule has 1 unspecified atom stereocenters. The minimum absolute atomic E-state index is 0.249. The molecule has 2 heterocycles. The van der Waals surface area contributed by atoms with Crippen molar-refractivity contribution in [1.29, 1.82) is 0 Å². The molecule has 2 rings (SSSR count). The van der Waals surface area contributed by atoms with Crippen molar-refractivity contribution in [3.05, 3.63) is 12.3 Å². The molecule has 2 saturated heterocycles. The van der Waals surface area contributed by atoms with Crippen molar-refractivity contribution in [2.24, 2.45) is 0 Å². The van der Waals surface area contributed by atoms with E-state index in [4.69, 9.17) is 0 Å². The molecule has 17 heavy (non-hydrogen) atoms. The standard InChI is InChI=1S/C10H14F3N3O/c1-7-8-5-14(2)3-4-15(8)9(17)16(7)6-10(11,12)13/h8H,1,3-6H2,2H3.